The minimum Gasteiger partial charge on any atom is -0.362 e. The standard InChI is InChI=1S/C18H17NO2/c1-12(20)7-15-16-8-14-9-17(15,11-19)10-18(14,21-16)13-5-3-2-4-6-13/h2-7,14,16H,8-10H2,1H3/b15-7+/t14?,16?,17-,18?/m0/s1. The van der Waals surface area contributed by atoms with Crippen LogP contribution < -0.4 is 0 Å². The van der Waals surface area contributed by atoms with Crippen LogP contribution in [0, 0.1) is 22.7 Å². The Hall–Kier alpha value is -1.92. The molecule has 3 heteroatoms. The summed E-state index contributed by atoms with van der Waals surface area (Å²) in [7, 11) is 0. The number of rotatable bonds is 2. The van der Waals surface area contributed by atoms with E-state index in [0.717, 1.165) is 18.4 Å². The monoisotopic (exact) mass is 279 g/mol. The van der Waals surface area contributed by atoms with Gasteiger partial charge in [0, 0.05) is 6.42 Å². The molecule has 0 amide bonds. The molecule has 2 saturated heterocycles. The van der Waals surface area contributed by atoms with Crippen molar-refractivity contribution in [2.45, 2.75) is 37.9 Å². The lowest BCUT2D eigenvalue weighted by Gasteiger charge is -2.39. The number of ketones is 1. The van der Waals surface area contributed by atoms with Crippen LogP contribution >= 0.6 is 0 Å². The Labute approximate surface area is 124 Å². The van der Waals surface area contributed by atoms with Gasteiger partial charge in [0.15, 0.2) is 5.78 Å². The van der Waals surface area contributed by atoms with E-state index in [1.807, 2.05) is 18.2 Å². The average Bonchev–Trinajstić information content (AvgIpc) is 2.92. The molecule has 1 aromatic carbocycles. The van der Waals surface area contributed by atoms with Crippen LogP contribution in [0.5, 0.6) is 0 Å². The summed E-state index contributed by atoms with van der Waals surface area (Å²) in [6.45, 7) is 1.54. The molecule has 1 aromatic rings. The third kappa shape index (κ3) is 1.54. The number of carbonyl (C=O) groups excluding carboxylic acids is 1. The molecule has 2 saturated carbocycles. The van der Waals surface area contributed by atoms with Crippen molar-refractivity contribution in [2.75, 3.05) is 0 Å². The van der Waals surface area contributed by atoms with Crippen LogP contribution in [0.15, 0.2) is 42.0 Å². The summed E-state index contributed by atoms with van der Waals surface area (Å²) in [4.78, 5) is 11.5. The average molecular weight is 279 g/mol. The largest absolute Gasteiger partial charge is 0.362 e. The van der Waals surface area contributed by atoms with Crippen molar-refractivity contribution in [3.8, 4) is 6.07 Å². The van der Waals surface area contributed by atoms with E-state index in [4.69, 9.17) is 4.74 Å². The molecule has 0 radical (unpaired) electrons. The van der Waals surface area contributed by atoms with Crippen LogP contribution in [0.4, 0.5) is 0 Å². The number of allylic oxidation sites excluding steroid dienone is 1. The number of hydrogen-bond donors (Lipinski definition) is 0. The fourth-order valence-corrected chi connectivity index (χ4v) is 4.67. The molecule has 0 spiro atoms. The first-order chi connectivity index (χ1) is 10.1. The number of hydrogen-bond acceptors (Lipinski definition) is 3. The molecule has 0 N–H and O–H groups in total. The van der Waals surface area contributed by atoms with Gasteiger partial charge >= 0.3 is 0 Å². The molecule has 106 valence electrons. The van der Waals surface area contributed by atoms with Crippen molar-refractivity contribution < 1.29 is 9.53 Å². The molecule has 21 heavy (non-hydrogen) atoms. The fourth-order valence-electron chi connectivity index (χ4n) is 4.67. The molecule has 4 fully saturated rings. The molecule has 3 nitrogen and oxygen atoms in total. The molecule has 2 aliphatic heterocycles. The number of nitriles is 1. The highest BCUT2D eigenvalue weighted by Crippen LogP contribution is 2.69. The Morgan fingerprint density at radius 1 is 1.43 bits per heavy atom. The maximum atomic E-state index is 11.5. The smallest absolute Gasteiger partial charge is 0.152 e. The topological polar surface area (TPSA) is 50.1 Å². The third-order valence-corrected chi connectivity index (χ3v) is 5.40. The summed E-state index contributed by atoms with van der Waals surface area (Å²) in [6, 6.07) is 12.8. The lowest BCUT2D eigenvalue weighted by atomic mass is 9.71. The molecule has 3 unspecified atom stereocenters. The molecular formula is C18H17NO2. The SMILES string of the molecule is CC(=O)/C=C1\C2CC3C[C@@]1(C#N)CC3(c1ccccc1)O2. The van der Waals surface area contributed by atoms with E-state index < -0.39 is 5.41 Å². The minimum absolute atomic E-state index is 0.00536. The minimum atomic E-state index is -0.507. The first kappa shape index (κ1) is 12.8. The van der Waals surface area contributed by atoms with Crippen LogP contribution in [-0.2, 0) is 15.1 Å². The van der Waals surface area contributed by atoms with Gasteiger partial charge in [-0.3, -0.25) is 4.79 Å². The van der Waals surface area contributed by atoms with Crippen LogP contribution in [0.25, 0.3) is 0 Å². The molecule has 5 rings (SSSR count). The summed E-state index contributed by atoms with van der Waals surface area (Å²) < 4.78 is 6.39. The van der Waals surface area contributed by atoms with Gasteiger partial charge in [-0.05, 0) is 42.9 Å². The van der Waals surface area contributed by atoms with Crippen LogP contribution in [-0.4, -0.2) is 11.9 Å². The predicted molar refractivity (Wildman–Crippen MR) is 77.1 cm³/mol. The molecule has 4 bridgehead atoms. The number of benzene rings is 1. The second-order valence-corrected chi connectivity index (χ2v) is 6.58. The molecule has 0 aromatic heterocycles. The summed E-state index contributed by atoms with van der Waals surface area (Å²) in [5.41, 5.74) is 1.26. The highest BCUT2D eigenvalue weighted by atomic mass is 16.5. The van der Waals surface area contributed by atoms with Crippen molar-refractivity contribution in [2.24, 2.45) is 11.3 Å². The zero-order chi connectivity index (χ0) is 14.7. The van der Waals surface area contributed by atoms with E-state index in [-0.39, 0.29) is 17.5 Å². The number of nitrogens with zero attached hydrogens (tertiary/aromatic N) is 1. The van der Waals surface area contributed by atoms with Gasteiger partial charge < -0.3 is 4.74 Å². The first-order valence-corrected chi connectivity index (χ1v) is 7.47. The highest BCUT2D eigenvalue weighted by Gasteiger charge is 2.68. The zero-order valence-electron chi connectivity index (χ0n) is 12.0. The number of carbonyl (C=O) groups is 1. The van der Waals surface area contributed by atoms with Crippen LogP contribution in [0.2, 0.25) is 0 Å². The lowest BCUT2D eigenvalue weighted by Crippen LogP contribution is -2.39. The Morgan fingerprint density at radius 3 is 2.86 bits per heavy atom. The molecule has 4 aliphatic rings. The van der Waals surface area contributed by atoms with Crippen molar-refractivity contribution >= 4 is 5.78 Å². The van der Waals surface area contributed by atoms with E-state index in [2.05, 4.69) is 18.2 Å². The van der Waals surface area contributed by atoms with Gasteiger partial charge in [-0.1, -0.05) is 30.3 Å². The van der Waals surface area contributed by atoms with Crippen molar-refractivity contribution in [3.05, 3.63) is 47.5 Å². The van der Waals surface area contributed by atoms with Crippen molar-refractivity contribution in [1.82, 2.24) is 0 Å². The normalized spacial score (nSPS) is 41.4. The molecule has 4 atom stereocenters. The maximum Gasteiger partial charge on any atom is 0.152 e. The van der Waals surface area contributed by atoms with Gasteiger partial charge in [0.25, 0.3) is 0 Å². The second kappa shape index (κ2) is 4.05. The van der Waals surface area contributed by atoms with E-state index in [9.17, 15) is 10.1 Å². The lowest BCUT2D eigenvalue weighted by molar-refractivity contribution is -0.113. The van der Waals surface area contributed by atoms with Gasteiger partial charge in [-0.25, -0.2) is 0 Å². The van der Waals surface area contributed by atoms with Crippen LogP contribution in [0.1, 0.15) is 31.7 Å². The Bertz CT molecular complexity index is 687. The summed E-state index contributed by atoms with van der Waals surface area (Å²) in [5, 5.41) is 9.79. The van der Waals surface area contributed by atoms with Crippen LogP contribution in [0.3, 0.4) is 0 Å². The first-order valence-electron chi connectivity index (χ1n) is 7.47. The quantitative estimate of drug-likeness (QED) is 0.781. The van der Waals surface area contributed by atoms with E-state index in [0.29, 0.717) is 12.3 Å². The van der Waals surface area contributed by atoms with Gasteiger partial charge in [0.2, 0.25) is 0 Å². The molecule has 2 heterocycles. The van der Waals surface area contributed by atoms with Crippen molar-refractivity contribution in [1.29, 1.82) is 5.26 Å². The molecule has 2 aliphatic carbocycles. The number of ether oxygens (including phenoxy) is 1. The summed E-state index contributed by atoms with van der Waals surface area (Å²) >= 11 is 0. The predicted octanol–water partition coefficient (Wildman–Crippen LogP) is 3.12. The summed E-state index contributed by atoms with van der Waals surface area (Å²) in [5.74, 6) is 0.388. The summed E-state index contributed by atoms with van der Waals surface area (Å²) in [6.07, 6.45) is 4.00. The van der Waals surface area contributed by atoms with Crippen molar-refractivity contribution in [3.63, 3.8) is 0 Å². The van der Waals surface area contributed by atoms with Gasteiger partial charge in [0.05, 0.1) is 23.2 Å². The fraction of sp³-hybridized carbons (Fsp3) is 0.444. The van der Waals surface area contributed by atoms with E-state index in [1.54, 1.807) is 13.0 Å². The van der Waals surface area contributed by atoms with Gasteiger partial charge in [-0.2, -0.15) is 5.26 Å². The highest BCUT2D eigenvalue weighted by molar-refractivity contribution is 5.88. The second-order valence-electron chi connectivity index (χ2n) is 6.58. The maximum absolute atomic E-state index is 11.5. The Balaban J connectivity index is 1.84. The third-order valence-electron chi connectivity index (χ3n) is 5.40. The van der Waals surface area contributed by atoms with Gasteiger partial charge in [-0.15, -0.1) is 0 Å². The molecular weight excluding hydrogens is 262 g/mol. The van der Waals surface area contributed by atoms with E-state index >= 15 is 0 Å². The Kier molecular flexibility index (Phi) is 2.47. The van der Waals surface area contributed by atoms with Gasteiger partial charge in [0.1, 0.15) is 0 Å². The van der Waals surface area contributed by atoms with E-state index in [1.165, 1.54) is 5.56 Å². The zero-order valence-corrected chi connectivity index (χ0v) is 12.0. The Morgan fingerprint density at radius 2 is 2.19 bits per heavy atom.